The number of benzene rings is 1. The molecule has 52 valence electrons. The summed E-state index contributed by atoms with van der Waals surface area (Å²) in [6.07, 6.45) is 0. The second-order valence-electron chi connectivity index (χ2n) is 1.96. The molecule has 0 radical (unpaired) electrons. The molecule has 0 fully saturated rings. The Bertz CT molecular complexity index is 258. The molecule has 0 atom stereocenters. The van der Waals surface area contributed by atoms with Gasteiger partial charge in [0.05, 0.1) is 0 Å². The molecular formula is C8H7LiO2. The van der Waals surface area contributed by atoms with Crippen molar-refractivity contribution in [3.05, 3.63) is 42.3 Å². The maximum Gasteiger partial charge on any atom is 1.00 e. The Labute approximate surface area is 77.4 Å². The number of carboxylic acid groups (broad SMARTS) is 1. The summed E-state index contributed by atoms with van der Waals surface area (Å²) in [4.78, 5) is 10.4. The van der Waals surface area contributed by atoms with Crippen LogP contribution in [0.3, 0.4) is 0 Å². The third kappa shape index (κ3) is 2.34. The van der Waals surface area contributed by atoms with Gasteiger partial charge < -0.3 is 5.11 Å². The predicted octanol–water partition coefficient (Wildman–Crippen LogP) is -1.43. The average molecular weight is 142 g/mol. The summed E-state index contributed by atoms with van der Waals surface area (Å²) in [6, 6.07) is 6.64. The second kappa shape index (κ2) is 4.12. The summed E-state index contributed by atoms with van der Waals surface area (Å²) in [5.41, 5.74) is 0.817. The number of hydrogen-bond donors (Lipinski definition) is 1. The molecule has 0 aromatic heterocycles. The van der Waals surface area contributed by atoms with E-state index in [1.54, 1.807) is 18.2 Å². The standard InChI is InChI=1S/C8H7O2.Li/c1-6-4-2-3-5-7(6)8(9)10;/h2-5H,1H2,(H,9,10);/q-1;+1. The van der Waals surface area contributed by atoms with Crippen molar-refractivity contribution in [2.45, 2.75) is 0 Å². The van der Waals surface area contributed by atoms with Gasteiger partial charge in [-0.2, -0.15) is 18.6 Å². The van der Waals surface area contributed by atoms with E-state index in [-0.39, 0.29) is 24.4 Å². The minimum atomic E-state index is -0.925. The molecule has 0 bridgehead atoms. The molecule has 0 heterocycles. The van der Waals surface area contributed by atoms with E-state index in [1.807, 2.05) is 0 Å². The summed E-state index contributed by atoms with van der Waals surface area (Å²) < 4.78 is 0. The molecule has 0 spiro atoms. The van der Waals surface area contributed by atoms with Crippen molar-refractivity contribution in [1.82, 2.24) is 0 Å². The van der Waals surface area contributed by atoms with E-state index < -0.39 is 5.97 Å². The predicted molar refractivity (Wildman–Crippen MR) is 37.9 cm³/mol. The Kier molecular flexibility index (Phi) is 3.81. The van der Waals surface area contributed by atoms with Crippen molar-refractivity contribution in [2.75, 3.05) is 0 Å². The van der Waals surface area contributed by atoms with E-state index in [4.69, 9.17) is 5.11 Å². The molecule has 1 aromatic rings. The van der Waals surface area contributed by atoms with Gasteiger partial charge in [-0.15, -0.1) is 12.1 Å². The largest absolute Gasteiger partial charge is 1.00 e. The van der Waals surface area contributed by atoms with Gasteiger partial charge >= 0.3 is 18.9 Å². The van der Waals surface area contributed by atoms with E-state index in [1.165, 1.54) is 6.07 Å². The molecule has 0 aliphatic heterocycles. The minimum Gasteiger partial charge on any atom is -0.487 e. The van der Waals surface area contributed by atoms with Crippen molar-refractivity contribution in [3.63, 3.8) is 0 Å². The summed E-state index contributed by atoms with van der Waals surface area (Å²) in [5, 5.41) is 8.53. The molecular weight excluding hydrogens is 135 g/mol. The average Bonchev–Trinajstić information content (AvgIpc) is 1.88. The van der Waals surface area contributed by atoms with Gasteiger partial charge in [0.1, 0.15) is 0 Å². The Morgan fingerprint density at radius 1 is 1.36 bits per heavy atom. The summed E-state index contributed by atoms with van der Waals surface area (Å²) >= 11 is 0. The maximum absolute atomic E-state index is 10.4. The maximum atomic E-state index is 10.4. The third-order valence-electron chi connectivity index (χ3n) is 1.25. The van der Waals surface area contributed by atoms with Crippen LogP contribution in [0.1, 0.15) is 15.9 Å². The Hall–Kier alpha value is -0.843. The first-order chi connectivity index (χ1) is 4.72. The van der Waals surface area contributed by atoms with Crippen LogP contribution in [-0.4, -0.2) is 11.1 Å². The van der Waals surface area contributed by atoms with E-state index in [2.05, 4.69) is 6.92 Å². The van der Waals surface area contributed by atoms with Gasteiger partial charge in [0, 0.05) is 0 Å². The summed E-state index contributed by atoms with van der Waals surface area (Å²) in [6.45, 7) is 3.56. The number of carbonyl (C=O) groups is 1. The molecule has 2 nitrogen and oxygen atoms in total. The van der Waals surface area contributed by atoms with Gasteiger partial charge in [-0.25, -0.2) is 0 Å². The summed E-state index contributed by atoms with van der Waals surface area (Å²) in [5.74, 6) is -0.925. The van der Waals surface area contributed by atoms with E-state index in [9.17, 15) is 4.79 Å². The molecule has 0 aliphatic carbocycles. The minimum absolute atomic E-state index is 0. The molecule has 0 unspecified atom stereocenters. The Morgan fingerprint density at radius 2 is 1.91 bits per heavy atom. The van der Waals surface area contributed by atoms with Crippen LogP contribution in [0.2, 0.25) is 0 Å². The van der Waals surface area contributed by atoms with Crippen LogP contribution in [0.15, 0.2) is 24.3 Å². The Morgan fingerprint density at radius 3 is 2.27 bits per heavy atom. The Balaban J connectivity index is 0.000001000. The van der Waals surface area contributed by atoms with Crippen LogP contribution in [0.4, 0.5) is 0 Å². The smallest absolute Gasteiger partial charge is 0.487 e. The zero-order chi connectivity index (χ0) is 7.56. The summed E-state index contributed by atoms with van der Waals surface area (Å²) in [7, 11) is 0. The number of aromatic carboxylic acids is 1. The van der Waals surface area contributed by atoms with Crippen LogP contribution >= 0.6 is 0 Å². The van der Waals surface area contributed by atoms with Gasteiger partial charge in [0.15, 0.2) is 0 Å². The van der Waals surface area contributed by atoms with Gasteiger partial charge in [0.2, 0.25) is 0 Å². The fraction of sp³-hybridized carbons (Fsp3) is 0. The fourth-order valence-electron chi connectivity index (χ4n) is 0.729. The monoisotopic (exact) mass is 142 g/mol. The molecule has 0 aliphatic rings. The van der Waals surface area contributed by atoms with Crippen molar-refractivity contribution in [1.29, 1.82) is 0 Å². The third-order valence-corrected chi connectivity index (χ3v) is 1.25. The molecule has 0 saturated carbocycles. The topological polar surface area (TPSA) is 37.3 Å². The first-order valence-electron chi connectivity index (χ1n) is 2.86. The van der Waals surface area contributed by atoms with Gasteiger partial charge in [-0.05, 0) is 5.56 Å². The van der Waals surface area contributed by atoms with Gasteiger partial charge in [-0.1, -0.05) is 6.07 Å². The number of hydrogen-bond acceptors (Lipinski definition) is 1. The zero-order valence-corrected chi connectivity index (χ0v) is 6.37. The SMILES string of the molecule is [CH2-]c1ccccc1C(=O)O.[Li+]. The van der Waals surface area contributed by atoms with E-state index >= 15 is 0 Å². The fourth-order valence-corrected chi connectivity index (χ4v) is 0.729. The molecule has 1 rings (SSSR count). The van der Waals surface area contributed by atoms with Crippen LogP contribution < -0.4 is 18.9 Å². The first kappa shape index (κ1) is 10.2. The van der Waals surface area contributed by atoms with E-state index in [0.29, 0.717) is 5.56 Å². The van der Waals surface area contributed by atoms with Crippen molar-refractivity contribution in [2.24, 2.45) is 0 Å². The van der Waals surface area contributed by atoms with Crippen LogP contribution in [0, 0.1) is 6.92 Å². The quantitative estimate of drug-likeness (QED) is 0.385. The van der Waals surface area contributed by atoms with Crippen molar-refractivity contribution < 1.29 is 28.8 Å². The van der Waals surface area contributed by atoms with Crippen molar-refractivity contribution in [3.8, 4) is 0 Å². The normalized spacial score (nSPS) is 8.36. The molecule has 11 heavy (non-hydrogen) atoms. The molecule has 0 amide bonds. The molecule has 0 saturated heterocycles. The van der Waals surface area contributed by atoms with Gasteiger partial charge in [0.25, 0.3) is 5.97 Å². The second-order valence-corrected chi connectivity index (χ2v) is 1.96. The molecule has 3 heteroatoms. The van der Waals surface area contributed by atoms with Crippen LogP contribution in [0.5, 0.6) is 0 Å². The number of carboxylic acids is 1. The zero-order valence-electron chi connectivity index (χ0n) is 6.37. The van der Waals surface area contributed by atoms with Crippen LogP contribution in [-0.2, 0) is 0 Å². The van der Waals surface area contributed by atoms with E-state index in [0.717, 1.165) is 0 Å². The molecule has 1 aromatic carbocycles. The van der Waals surface area contributed by atoms with Crippen molar-refractivity contribution >= 4 is 5.97 Å². The van der Waals surface area contributed by atoms with Gasteiger partial charge in [-0.3, -0.25) is 4.79 Å². The number of rotatable bonds is 1. The molecule has 1 N–H and O–H groups in total. The van der Waals surface area contributed by atoms with Crippen LogP contribution in [0.25, 0.3) is 0 Å². The first-order valence-corrected chi connectivity index (χ1v) is 2.86.